The molecule has 0 saturated heterocycles. The molecule has 1 rings (SSSR count). The molecule has 0 unspecified atom stereocenters. The predicted molar refractivity (Wildman–Crippen MR) is 56.2 cm³/mol. The van der Waals surface area contributed by atoms with E-state index in [9.17, 15) is 18.4 Å². The number of carbonyl (C=O) groups is 2. The van der Waals surface area contributed by atoms with Gasteiger partial charge in [-0.3, -0.25) is 9.59 Å². The molecule has 1 aromatic rings. The van der Waals surface area contributed by atoms with Crippen molar-refractivity contribution in [3.05, 3.63) is 27.7 Å². The van der Waals surface area contributed by atoms with Crippen LogP contribution in [0.2, 0.25) is 0 Å². The maximum Gasteiger partial charge on any atom is 0.387 e. The van der Waals surface area contributed by atoms with E-state index in [0.717, 1.165) is 6.07 Å². The van der Waals surface area contributed by atoms with Crippen molar-refractivity contribution >= 4 is 28.0 Å². The highest BCUT2D eigenvalue weighted by atomic mass is 79.9. The third kappa shape index (κ3) is 2.85. The van der Waals surface area contributed by atoms with Gasteiger partial charge in [-0.2, -0.15) is 8.78 Å². The van der Waals surface area contributed by atoms with E-state index >= 15 is 0 Å². The minimum atomic E-state index is -3.04. The second-order valence-electron chi connectivity index (χ2n) is 2.92. The first kappa shape index (κ1) is 12.8. The molecule has 0 fully saturated rings. The average Bonchev–Trinajstić information content (AvgIpc) is 2.19. The molecular formula is C10H7BrF2O3. The molecule has 0 amide bonds. The molecule has 1 aromatic carbocycles. The Labute approximate surface area is 98.5 Å². The van der Waals surface area contributed by atoms with Crippen LogP contribution in [0.3, 0.4) is 0 Å². The van der Waals surface area contributed by atoms with Crippen LogP contribution in [0.15, 0.2) is 16.6 Å². The van der Waals surface area contributed by atoms with Gasteiger partial charge in [0.1, 0.15) is 5.75 Å². The minimum Gasteiger partial charge on any atom is -0.434 e. The number of hydrogen-bond acceptors (Lipinski definition) is 3. The summed E-state index contributed by atoms with van der Waals surface area (Å²) in [5.74, 6) is -0.721. The van der Waals surface area contributed by atoms with Crippen molar-refractivity contribution in [3.63, 3.8) is 0 Å². The molecule has 6 heteroatoms. The van der Waals surface area contributed by atoms with E-state index in [2.05, 4.69) is 20.7 Å². The smallest absolute Gasteiger partial charge is 0.387 e. The highest BCUT2D eigenvalue weighted by Crippen LogP contribution is 2.28. The van der Waals surface area contributed by atoms with Crippen LogP contribution in [-0.4, -0.2) is 18.7 Å². The maximum atomic E-state index is 12.1. The number of rotatable bonds is 4. The van der Waals surface area contributed by atoms with E-state index in [-0.39, 0.29) is 16.9 Å². The number of ether oxygens (including phenoxy) is 1. The number of hydrogen-bond donors (Lipinski definition) is 0. The summed E-state index contributed by atoms with van der Waals surface area (Å²) in [6.07, 6.45) is 0.479. The van der Waals surface area contributed by atoms with Crippen LogP contribution >= 0.6 is 15.9 Å². The lowest BCUT2D eigenvalue weighted by atomic mass is 10.1. The normalized spacial score (nSPS) is 10.3. The monoisotopic (exact) mass is 292 g/mol. The first-order valence-electron chi connectivity index (χ1n) is 4.20. The maximum absolute atomic E-state index is 12.1. The Morgan fingerprint density at radius 3 is 2.56 bits per heavy atom. The molecule has 0 saturated carbocycles. The topological polar surface area (TPSA) is 43.4 Å². The second kappa shape index (κ2) is 5.16. The third-order valence-corrected chi connectivity index (χ3v) is 2.51. The average molecular weight is 293 g/mol. The number of halogens is 3. The van der Waals surface area contributed by atoms with Crippen LogP contribution in [0, 0.1) is 0 Å². The molecule has 0 spiro atoms. The minimum absolute atomic E-state index is 0.00206. The molecule has 0 aliphatic heterocycles. The second-order valence-corrected chi connectivity index (χ2v) is 3.78. The molecule has 0 radical (unpaired) electrons. The van der Waals surface area contributed by atoms with E-state index in [4.69, 9.17) is 0 Å². The van der Waals surface area contributed by atoms with Crippen LogP contribution in [0.4, 0.5) is 8.78 Å². The molecule has 86 valence electrons. The first-order valence-corrected chi connectivity index (χ1v) is 4.99. The van der Waals surface area contributed by atoms with E-state index < -0.39 is 12.4 Å². The van der Waals surface area contributed by atoms with Gasteiger partial charge in [-0.25, -0.2) is 0 Å². The lowest BCUT2D eigenvalue weighted by molar-refractivity contribution is -0.0501. The summed E-state index contributed by atoms with van der Waals surface area (Å²) in [6.45, 7) is -1.82. The zero-order valence-electron chi connectivity index (χ0n) is 8.17. The summed E-state index contributed by atoms with van der Waals surface area (Å²) in [5, 5.41) is 0. The molecule has 16 heavy (non-hydrogen) atoms. The first-order chi connectivity index (χ1) is 7.45. The van der Waals surface area contributed by atoms with Crippen molar-refractivity contribution in [2.45, 2.75) is 13.5 Å². The summed E-state index contributed by atoms with van der Waals surface area (Å²) in [5.41, 5.74) is 0.137. The largest absolute Gasteiger partial charge is 0.434 e. The Hall–Kier alpha value is -1.30. The molecule has 3 nitrogen and oxygen atoms in total. The summed E-state index contributed by atoms with van der Waals surface area (Å²) in [6, 6.07) is 2.38. The van der Waals surface area contributed by atoms with Crippen LogP contribution in [0.1, 0.15) is 27.6 Å². The van der Waals surface area contributed by atoms with Crippen molar-refractivity contribution in [2.75, 3.05) is 0 Å². The van der Waals surface area contributed by atoms with Crippen LogP contribution in [-0.2, 0) is 0 Å². The lowest BCUT2D eigenvalue weighted by Gasteiger charge is -2.10. The van der Waals surface area contributed by atoms with Crippen molar-refractivity contribution in [3.8, 4) is 5.75 Å². The van der Waals surface area contributed by atoms with Crippen molar-refractivity contribution in [1.82, 2.24) is 0 Å². The molecule has 0 aliphatic carbocycles. The number of alkyl halides is 2. The summed E-state index contributed by atoms with van der Waals surface area (Å²) in [4.78, 5) is 21.8. The van der Waals surface area contributed by atoms with E-state index in [1.54, 1.807) is 0 Å². The zero-order chi connectivity index (χ0) is 12.3. The van der Waals surface area contributed by atoms with E-state index in [1.165, 1.54) is 13.0 Å². The van der Waals surface area contributed by atoms with Crippen LogP contribution in [0.5, 0.6) is 5.75 Å². The molecule has 0 atom stereocenters. The fourth-order valence-corrected chi connectivity index (χ4v) is 1.56. The molecule has 0 bridgehead atoms. The highest BCUT2D eigenvalue weighted by molar-refractivity contribution is 9.10. The van der Waals surface area contributed by atoms with Gasteiger partial charge < -0.3 is 4.74 Å². The summed E-state index contributed by atoms with van der Waals surface area (Å²) >= 11 is 3.05. The van der Waals surface area contributed by atoms with Crippen molar-refractivity contribution in [2.24, 2.45) is 0 Å². The highest BCUT2D eigenvalue weighted by Gasteiger charge is 2.15. The third-order valence-electron chi connectivity index (χ3n) is 1.82. The van der Waals surface area contributed by atoms with Gasteiger partial charge in [0.15, 0.2) is 12.1 Å². The molecular weight excluding hydrogens is 286 g/mol. The van der Waals surface area contributed by atoms with Gasteiger partial charge in [-0.15, -0.1) is 0 Å². The molecule has 0 aliphatic rings. The van der Waals surface area contributed by atoms with Crippen molar-refractivity contribution in [1.29, 1.82) is 0 Å². The molecule has 0 N–H and O–H groups in total. The van der Waals surface area contributed by atoms with Gasteiger partial charge >= 0.3 is 6.61 Å². The summed E-state index contributed by atoms with van der Waals surface area (Å²) in [7, 11) is 0. The Morgan fingerprint density at radius 1 is 1.50 bits per heavy atom. The molecule has 0 heterocycles. The lowest BCUT2D eigenvalue weighted by Crippen LogP contribution is -2.07. The van der Waals surface area contributed by atoms with Gasteiger partial charge in [0.25, 0.3) is 0 Å². The number of ketones is 1. The summed E-state index contributed by atoms with van der Waals surface area (Å²) < 4.78 is 28.7. The molecule has 0 aromatic heterocycles. The fourth-order valence-electron chi connectivity index (χ4n) is 1.13. The number of Topliss-reactive ketones (excluding diaryl/α,β-unsaturated/α-hetero) is 1. The van der Waals surface area contributed by atoms with Gasteiger partial charge in [-0.1, -0.05) is 15.9 Å². The predicted octanol–water partition coefficient (Wildman–Crippen LogP) is 3.07. The number of aldehydes is 1. The van der Waals surface area contributed by atoms with Gasteiger partial charge in [0.2, 0.25) is 0 Å². The number of carbonyl (C=O) groups excluding carboxylic acids is 2. The van der Waals surface area contributed by atoms with E-state index in [0.29, 0.717) is 10.8 Å². The zero-order valence-corrected chi connectivity index (χ0v) is 9.75. The van der Waals surface area contributed by atoms with Gasteiger partial charge in [-0.05, 0) is 19.1 Å². The quantitative estimate of drug-likeness (QED) is 0.633. The Balaban J connectivity index is 3.30. The van der Waals surface area contributed by atoms with Gasteiger partial charge in [0.05, 0.1) is 5.56 Å². The Bertz CT molecular complexity index is 432. The Morgan fingerprint density at radius 2 is 2.12 bits per heavy atom. The standard InChI is InChI=1S/C10H7BrF2O3/c1-5(15)7-3-8(11)6(4-14)2-9(7)16-10(12)13/h2-4,10H,1H3. The number of benzene rings is 1. The Kier molecular flexibility index (Phi) is 4.12. The van der Waals surface area contributed by atoms with Crippen LogP contribution in [0.25, 0.3) is 0 Å². The van der Waals surface area contributed by atoms with Crippen molar-refractivity contribution < 1.29 is 23.1 Å². The van der Waals surface area contributed by atoms with Gasteiger partial charge in [0, 0.05) is 10.0 Å². The van der Waals surface area contributed by atoms with E-state index in [1.807, 2.05) is 0 Å². The fraction of sp³-hybridized carbons (Fsp3) is 0.200. The SMILES string of the molecule is CC(=O)c1cc(Br)c(C=O)cc1OC(F)F. The van der Waals surface area contributed by atoms with Crippen LogP contribution < -0.4 is 4.74 Å².